The lowest BCUT2D eigenvalue weighted by molar-refractivity contribution is 0.113. The first kappa shape index (κ1) is 8.45. The summed E-state index contributed by atoms with van der Waals surface area (Å²) in [6, 6.07) is 0. The molecule has 1 amide bonds. The van der Waals surface area contributed by atoms with Gasteiger partial charge < -0.3 is 4.84 Å². The number of rotatable bonds is 2. The Morgan fingerprint density at radius 1 is 1.89 bits per heavy atom. The predicted octanol–water partition coefficient (Wildman–Crippen LogP) is 0.649. The first-order chi connectivity index (χ1) is 4.31. The monoisotopic (exact) mass is 148 g/mol. The Kier molecular flexibility index (Phi) is 5.24. The Bertz CT molecular complexity index is 115. The van der Waals surface area contributed by atoms with Crippen molar-refractivity contribution in [3.63, 3.8) is 0 Å². The van der Waals surface area contributed by atoms with Crippen LogP contribution in [-0.2, 0) is 4.84 Å². The Labute approximate surface area is 57.6 Å². The lowest BCUT2D eigenvalue weighted by Gasteiger charge is -1.91. The van der Waals surface area contributed by atoms with Crippen LogP contribution in [0.15, 0.2) is 4.99 Å². The molecule has 0 saturated heterocycles. The maximum Gasteiger partial charge on any atom is 0.452 e. The van der Waals surface area contributed by atoms with Crippen LogP contribution >= 0.6 is 11.8 Å². The maximum atomic E-state index is 10.3. The van der Waals surface area contributed by atoms with E-state index in [-0.39, 0.29) is 0 Å². The number of aliphatic imine (C=N–C) groups is 1. The standard InChI is InChI=1S/C4H8N2O2S/c1-5-8-4(7)6-3-9-2/h3,5H,1-2H3. The molecular formula is C4H8N2O2S. The highest BCUT2D eigenvalue weighted by Gasteiger charge is 1.91. The van der Waals surface area contributed by atoms with E-state index < -0.39 is 6.09 Å². The first-order valence-corrected chi connectivity index (χ1v) is 3.53. The molecule has 1 N–H and O–H groups in total. The maximum absolute atomic E-state index is 10.3. The van der Waals surface area contributed by atoms with E-state index in [1.807, 2.05) is 0 Å². The van der Waals surface area contributed by atoms with Crippen LogP contribution in [0.25, 0.3) is 0 Å². The molecule has 0 saturated carbocycles. The van der Waals surface area contributed by atoms with E-state index in [0.717, 1.165) is 0 Å². The summed E-state index contributed by atoms with van der Waals surface area (Å²) < 4.78 is 0. The zero-order valence-corrected chi connectivity index (χ0v) is 6.07. The third-order valence-electron chi connectivity index (χ3n) is 0.453. The molecule has 0 aromatic rings. The van der Waals surface area contributed by atoms with Crippen LogP contribution in [0.3, 0.4) is 0 Å². The zero-order valence-electron chi connectivity index (χ0n) is 5.25. The normalized spacial score (nSPS) is 10.0. The van der Waals surface area contributed by atoms with Crippen molar-refractivity contribution < 1.29 is 9.63 Å². The summed E-state index contributed by atoms with van der Waals surface area (Å²) in [5.41, 5.74) is 3.61. The summed E-state index contributed by atoms with van der Waals surface area (Å²) in [4.78, 5) is 17.9. The van der Waals surface area contributed by atoms with Gasteiger partial charge in [0.05, 0.1) is 5.55 Å². The number of carbonyl (C=O) groups is 1. The Morgan fingerprint density at radius 2 is 2.56 bits per heavy atom. The average molecular weight is 148 g/mol. The van der Waals surface area contributed by atoms with Gasteiger partial charge in [-0.25, -0.2) is 4.79 Å². The first-order valence-electron chi connectivity index (χ1n) is 2.24. The molecule has 4 nitrogen and oxygen atoms in total. The van der Waals surface area contributed by atoms with Gasteiger partial charge in [-0.05, 0) is 6.26 Å². The molecule has 0 heterocycles. The van der Waals surface area contributed by atoms with Crippen molar-refractivity contribution >= 4 is 23.4 Å². The molecule has 0 aliphatic carbocycles. The second kappa shape index (κ2) is 5.58. The number of amides is 1. The lowest BCUT2D eigenvalue weighted by atomic mass is 11.2. The van der Waals surface area contributed by atoms with E-state index in [9.17, 15) is 4.79 Å². The summed E-state index contributed by atoms with van der Waals surface area (Å²) in [6.07, 6.45) is 1.17. The van der Waals surface area contributed by atoms with Crippen LogP contribution < -0.4 is 5.48 Å². The van der Waals surface area contributed by atoms with E-state index in [0.29, 0.717) is 0 Å². The fourth-order valence-electron chi connectivity index (χ4n) is 0.209. The van der Waals surface area contributed by atoms with Crippen molar-refractivity contribution in [2.24, 2.45) is 4.99 Å². The molecule has 0 atom stereocenters. The number of carbonyl (C=O) groups excluding carboxylic acids is 1. The van der Waals surface area contributed by atoms with Gasteiger partial charge >= 0.3 is 6.09 Å². The van der Waals surface area contributed by atoms with Crippen molar-refractivity contribution in [2.45, 2.75) is 0 Å². The number of hydrogen-bond acceptors (Lipinski definition) is 4. The molecule has 0 radical (unpaired) electrons. The summed E-state index contributed by atoms with van der Waals surface area (Å²) >= 11 is 1.34. The average Bonchev–Trinajstić information content (AvgIpc) is 1.85. The fourth-order valence-corrected chi connectivity index (χ4v) is 0.401. The number of thioether (sulfide) groups is 1. The highest BCUT2D eigenvalue weighted by atomic mass is 32.2. The fraction of sp³-hybridized carbons (Fsp3) is 0.500. The number of hydroxylamine groups is 1. The predicted molar refractivity (Wildman–Crippen MR) is 37.5 cm³/mol. The van der Waals surface area contributed by atoms with Gasteiger partial charge in [-0.15, -0.1) is 11.8 Å². The molecule has 0 spiro atoms. The zero-order chi connectivity index (χ0) is 7.11. The number of nitrogens with zero attached hydrogens (tertiary/aromatic N) is 1. The molecule has 0 aliphatic heterocycles. The van der Waals surface area contributed by atoms with Crippen LogP contribution in [0.5, 0.6) is 0 Å². The van der Waals surface area contributed by atoms with Gasteiger partial charge in [-0.1, -0.05) is 0 Å². The van der Waals surface area contributed by atoms with Gasteiger partial charge in [0.1, 0.15) is 0 Å². The van der Waals surface area contributed by atoms with Gasteiger partial charge in [-0.2, -0.15) is 10.5 Å². The lowest BCUT2D eigenvalue weighted by Crippen LogP contribution is -2.11. The largest absolute Gasteiger partial charge is 0.452 e. The Hall–Kier alpha value is -0.550. The molecule has 0 bridgehead atoms. The summed E-state index contributed by atoms with van der Waals surface area (Å²) in [5.74, 6) is 0. The SMILES string of the molecule is CNOC(=O)N=CSC. The Balaban J connectivity index is 3.37. The van der Waals surface area contributed by atoms with Crippen molar-refractivity contribution in [2.75, 3.05) is 13.3 Å². The third-order valence-corrected chi connectivity index (χ3v) is 0.769. The van der Waals surface area contributed by atoms with E-state index in [1.54, 1.807) is 6.26 Å². The molecule has 5 heteroatoms. The van der Waals surface area contributed by atoms with Gasteiger partial charge in [0.2, 0.25) is 0 Å². The summed E-state index contributed by atoms with van der Waals surface area (Å²) in [5, 5.41) is 0. The smallest absolute Gasteiger partial charge is 0.353 e. The summed E-state index contributed by atoms with van der Waals surface area (Å²) in [7, 11) is 1.49. The van der Waals surface area contributed by atoms with Gasteiger partial charge in [0.15, 0.2) is 0 Å². The molecule has 0 aromatic carbocycles. The van der Waals surface area contributed by atoms with Gasteiger partial charge in [-0.3, -0.25) is 0 Å². The Morgan fingerprint density at radius 3 is 3.00 bits per heavy atom. The van der Waals surface area contributed by atoms with Crippen LogP contribution in [0.2, 0.25) is 0 Å². The summed E-state index contributed by atoms with van der Waals surface area (Å²) in [6.45, 7) is 0. The molecule has 0 unspecified atom stereocenters. The second-order valence-corrected chi connectivity index (χ2v) is 1.72. The number of nitrogens with one attached hydrogen (secondary N) is 1. The highest BCUT2D eigenvalue weighted by molar-refractivity contribution is 8.11. The third kappa shape index (κ3) is 5.32. The second-order valence-electron chi connectivity index (χ2n) is 1.04. The number of hydrogen-bond donors (Lipinski definition) is 1. The molecule has 0 aliphatic rings. The van der Waals surface area contributed by atoms with E-state index >= 15 is 0 Å². The molecule has 0 rings (SSSR count). The van der Waals surface area contributed by atoms with Crippen LogP contribution in [0, 0.1) is 0 Å². The minimum Gasteiger partial charge on any atom is -0.353 e. The van der Waals surface area contributed by atoms with Gasteiger partial charge in [0.25, 0.3) is 0 Å². The topological polar surface area (TPSA) is 50.7 Å². The molecular weight excluding hydrogens is 140 g/mol. The van der Waals surface area contributed by atoms with Crippen LogP contribution in [0.1, 0.15) is 0 Å². The van der Waals surface area contributed by atoms with Crippen LogP contribution in [-0.4, -0.2) is 24.9 Å². The van der Waals surface area contributed by atoms with E-state index in [2.05, 4.69) is 15.3 Å². The molecule has 9 heavy (non-hydrogen) atoms. The van der Waals surface area contributed by atoms with Crippen molar-refractivity contribution in [3.05, 3.63) is 0 Å². The van der Waals surface area contributed by atoms with Crippen molar-refractivity contribution in [3.8, 4) is 0 Å². The molecule has 0 aromatic heterocycles. The minimum atomic E-state index is -0.633. The van der Waals surface area contributed by atoms with E-state index in [1.165, 1.54) is 24.4 Å². The van der Waals surface area contributed by atoms with Crippen molar-refractivity contribution in [1.29, 1.82) is 0 Å². The molecule has 52 valence electrons. The van der Waals surface area contributed by atoms with Gasteiger partial charge in [0, 0.05) is 7.05 Å². The quantitative estimate of drug-likeness (QED) is 0.355. The molecule has 0 fully saturated rings. The van der Waals surface area contributed by atoms with E-state index in [4.69, 9.17) is 0 Å². The van der Waals surface area contributed by atoms with Crippen LogP contribution in [0.4, 0.5) is 4.79 Å². The minimum absolute atomic E-state index is 0.633. The van der Waals surface area contributed by atoms with Crippen molar-refractivity contribution in [1.82, 2.24) is 5.48 Å². The highest BCUT2D eigenvalue weighted by Crippen LogP contribution is 1.85.